The Morgan fingerprint density at radius 1 is 1.26 bits per heavy atom. The Labute approximate surface area is 115 Å². The summed E-state index contributed by atoms with van der Waals surface area (Å²) in [5, 5.41) is 6.91. The highest BCUT2D eigenvalue weighted by Gasteiger charge is 2.34. The van der Waals surface area contributed by atoms with E-state index in [0.29, 0.717) is 6.04 Å². The van der Waals surface area contributed by atoms with Crippen LogP contribution in [0.25, 0.3) is 0 Å². The molecule has 19 heavy (non-hydrogen) atoms. The van der Waals surface area contributed by atoms with Crippen molar-refractivity contribution in [3.63, 3.8) is 0 Å². The van der Waals surface area contributed by atoms with Gasteiger partial charge in [-0.1, -0.05) is 13.0 Å². The molecule has 1 saturated heterocycles. The fourth-order valence-corrected chi connectivity index (χ4v) is 2.75. The lowest BCUT2D eigenvalue weighted by atomic mass is 10.2. The summed E-state index contributed by atoms with van der Waals surface area (Å²) >= 11 is 0. The summed E-state index contributed by atoms with van der Waals surface area (Å²) < 4.78 is 0. The molecule has 0 radical (unpaired) electrons. The Morgan fingerprint density at radius 3 is 2.89 bits per heavy atom. The van der Waals surface area contributed by atoms with E-state index < -0.39 is 0 Å². The van der Waals surface area contributed by atoms with Crippen LogP contribution in [-0.2, 0) is 0 Å². The number of rotatable bonds is 6. The molecule has 0 bridgehead atoms. The van der Waals surface area contributed by atoms with Gasteiger partial charge in [0.1, 0.15) is 11.6 Å². The average Bonchev–Trinajstić information content (AvgIpc) is 3.18. The van der Waals surface area contributed by atoms with E-state index in [0.717, 1.165) is 30.6 Å². The monoisotopic (exact) mass is 260 g/mol. The topological polar surface area (TPSA) is 40.2 Å². The maximum Gasteiger partial charge on any atom is 0.128 e. The van der Waals surface area contributed by atoms with Gasteiger partial charge < -0.3 is 10.6 Å². The Balaban J connectivity index is 1.54. The third kappa shape index (κ3) is 3.38. The fraction of sp³-hybridized carbons (Fsp3) is 0.667. The van der Waals surface area contributed by atoms with Gasteiger partial charge in [0.25, 0.3) is 0 Å². The molecule has 3 rings (SSSR count). The lowest BCUT2D eigenvalue weighted by Gasteiger charge is -2.16. The Hall–Kier alpha value is -1.29. The van der Waals surface area contributed by atoms with Crippen LogP contribution in [0.5, 0.6) is 0 Å². The van der Waals surface area contributed by atoms with Crippen LogP contribution in [0.2, 0.25) is 0 Å². The molecule has 1 aliphatic heterocycles. The van der Waals surface area contributed by atoms with Crippen LogP contribution in [0.3, 0.4) is 0 Å². The number of aromatic nitrogens is 1. The van der Waals surface area contributed by atoms with Gasteiger partial charge >= 0.3 is 0 Å². The largest absolute Gasteiger partial charge is 0.370 e. The zero-order valence-corrected chi connectivity index (χ0v) is 11.7. The van der Waals surface area contributed by atoms with Crippen molar-refractivity contribution < 1.29 is 0 Å². The Morgan fingerprint density at radius 2 is 2.11 bits per heavy atom. The third-order valence-electron chi connectivity index (χ3n) is 3.94. The van der Waals surface area contributed by atoms with E-state index in [1.165, 1.54) is 32.4 Å². The van der Waals surface area contributed by atoms with Crippen molar-refractivity contribution in [2.24, 2.45) is 0 Å². The van der Waals surface area contributed by atoms with Gasteiger partial charge in [-0.15, -0.1) is 0 Å². The van der Waals surface area contributed by atoms with E-state index in [-0.39, 0.29) is 0 Å². The van der Waals surface area contributed by atoms with Crippen molar-refractivity contribution in [3.05, 3.63) is 18.2 Å². The van der Waals surface area contributed by atoms with Gasteiger partial charge in [-0.05, 0) is 37.8 Å². The second kappa shape index (κ2) is 5.78. The van der Waals surface area contributed by atoms with Gasteiger partial charge in [0.2, 0.25) is 0 Å². The van der Waals surface area contributed by atoms with Crippen LogP contribution in [0.4, 0.5) is 11.6 Å². The molecule has 1 aromatic heterocycles. The fourth-order valence-electron chi connectivity index (χ4n) is 2.75. The maximum absolute atomic E-state index is 4.62. The minimum Gasteiger partial charge on any atom is -0.370 e. The number of hydrogen-bond acceptors (Lipinski definition) is 4. The van der Waals surface area contributed by atoms with Gasteiger partial charge in [0.05, 0.1) is 0 Å². The van der Waals surface area contributed by atoms with E-state index in [1.54, 1.807) is 0 Å². The van der Waals surface area contributed by atoms with Crippen LogP contribution in [0.1, 0.15) is 32.6 Å². The van der Waals surface area contributed by atoms with Crippen molar-refractivity contribution in [3.8, 4) is 0 Å². The van der Waals surface area contributed by atoms with Crippen molar-refractivity contribution >= 4 is 11.6 Å². The maximum atomic E-state index is 4.62. The molecular formula is C15H24N4. The standard InChI is InChI=1S/C15H24N4/c1-2-9-16-14-4-3-5-15(18-14)17-12-8-10-19(11-12)13-6-7-13/h3-5,12-13H,2,6-11H2,1H3,(H2,16,17,18). The number of pyridine rings is 1. The summed E-state index contributed by atoms with van der Waals surface area (Å²) in [6.45, 7) is 5.57. The van der Waals surface area contributed by atoms with Crippen LogP contribution in [0, 0.1) is 0 Å². The van der Waals surface area contributed by atoms with Crippen molar-refractivity contribution in [2.75, 3.05) is 30.3 Å². The van der Waals surface area contributed by atoms with E-state index in [2.05, 4.69) is 39.6 Å². The summed E-state index contributed by atoms with van der Waals surface area (Å²) in [6, 6.07) is 7.62. The molecule has 0 spiro atoms. The highest BCUT2D eigenvalue weighted by atomic mass is 15.2. The first-order valence-corrected chi connectivity index (χ1v) is 7.56. The zero-order valence-electron chi connectivity index (χ0n) is 11.7. The normalized spacial score (nSPS) is 23.5. The molecule has 2 aliphatic rings. The van der Waals surface area contributed by atoms with E-state index >= 15 is 0 Å². The molecule has 1 unspecified atom stereocenters. The first-order valence-electron chi connectivity index (χ1n) is 7.56. The number of nitrogens with zero attached hydrogens (tertiary/aromatic N) is 2. The molecule has 0 amide bonds. The molecule has 4 nitrogen and oxygen atoms in total. The van der Waals surface area contributed by atoms with Gasteiger partial charge in [0.15, 0.2) is 0 Å². The number of anilines is 2. The Bertz CT molecular complexity index is 416. The number of likely N-dealkylation sites (tertiary alicyclic amines) is 1. The average molecular weight is 260 g/mol. The van der Waals surface area contributed by atoms with Crippen LogP contribution in [0.15, 0.2) is 18.2 Å². The first-order chi connectivity index (χ1) is 9.35. The molecule has 1 aromatic rings. The van der Waals surface area contributed by atoms with Crippen LogP contribution < -0.4 is 10.6 Å². The highest BCUT2D eigenvalue weighted by Crippen LogP contribution is 2.30. The van der Waals surface area contributed by atoms with Gasteiger partial charge in [-0.3, -0.25) is 4.90 Å². The van der Waals surface area contributed by atoms with Crippen molar-refractivity contribution in [1.82, 2.24) is 9.88 Å². The van der Waals surface area contributed by atoms with E-state index in [4.69, 9.17) is 0 Å². The first kappa shape index (κ1) is 12.7. The highest BCUT2D eigenvalue weighted by molar-refractivity contribution is 5.45. The van der Waals surface area contributed by atoms with E-state index in [9.17, 15) is 0 Å². The zero-order chi connectivity index (χ0) is 13.1. The lowest BCUT2D eigenvalue weighted by Crippen LogP contribution is -2.28. The van der Waals surface area contributed by atoms with Gasteiger partial charge in [-0.25, -0.2) is 4.98 Å². The van der Waals surface area contributed by atoms with Gasteiger partial charge in [0, 0.05) is 31.7 Å². The van der Waals surface area contributed by atoms with Crippen molar-refractivity contribution in [2.45, 2.75) is 44.7 Å². The molecule has 2 fully saturated rings. The summed E-state index contributed by atoms with van der Waals surface area (Å²) in [5.74, 6) is 1.98. The SMILES string of the molecule is CCCNc1cccc(NC2CCN(C3CC3)C2)n1. The summed E-state index contributed by atoms with van der Waals surface area (Å²) in [7, 11) is 0. The number of nitrogens with one attached hydrogen (secondary N) is 2. The summed E-state index contributed by atoms with van der Waals surface area (Å²) in [4.78, 5) is 7.24. The molecule has 2 N–H and O–H groups in total. The minimum absolute atomic E-state index is 0.564. The molecule has 1 saturated carbocycles. The molecule has 1 aliphatic carbocycles. The van der Waals surface area contributed by atoms with Crippen molar-refractivity contribution in [1.29, 1.82) is 0 Å². The van der Waals surface area contributed by atoms with Crippen LogP contribution in [-0.4, -0.2) is 41.6 Å². The summed E-state index contributed by atoms with van der Waals surface area (Å²) in [6.07, 6.45) is 5.17. The molecule has 0 aromatic carbocycles. The molecule has 2 heterocycles. The quantitative estimate of drug-likeness (QED) is 0.824. The second-order valence-electron chi connectivity index (χ2n) is 5.69. The predicted molar refractivity (Wildman–Crippen MR) is 79.6 cm³/mol. The molecule has 4 heteroatoms. The number of hydrogen-bond donors (Lipinski definition) is 2. The molecule has 1 atom stereocenters. The minimum atomic E-state index is 0.564. The van der Waals surface area contributed by atoms with Gasteiger partial charge in [-0.2, -0.15) is 0 Å². The summed E-state index contributed by atoms with van der Waals surface area (Å²) in [5.41, 5.74) is 0. The van der Waals surface area contributed by atoms with Crippen LogP contribution >= 0.6 is 0 Å². The van der Waals surface area contributed by atoms with E-state index in [1.807, 2.05) is 6.07 Å². The molecular weight excluding hydrogens is 236 g/mol. The molecule has 104 valence electrons. The third-order valence-corrected chi connectivity index (χ3v) is 3.94. The lowest BCUT2D eigenvalue weighted by molar-refractivity contribution is 0.326. The predicted octanol–water partition coefficient (Wildman–Crippen LogP) is 2.55. The Kier molecular flexibility index (Phi) is 3.87. The second-order valence-corrected chi connectivity index (χ2v) is 5.69. The smallest absolute Gasteiger partial charge is 0.128 e.